The molecule has 0 bridgehead atoms. The average Bonchev–Trinajstić information content (AvgIpc) is 1.64. The molecule has 0 N–H and O–H groups in total. The third-order valence-electron chi connectivity index (χ3n) is 0.597. The minimum atomic E-state index is 0. The van der Waals surface area contributed by atoms with Crippen LogP contribution in [0.4, 0.5) is 0 Å². The van der Waals surface area contributed by atoms with Crippen LogP contribution in [0.2, 0.25) is 0 Å². The van der Waals surface area contributed by atoms with Crippen molar-refractivity contribution < 1.29 is 18.6 Å². The summed E-state index contributed by atoms with van der Waals surface area (Å²) in [5.74, 6) is 0.649. The first-order chi connectivity index (χ1) is 3.79. The van der Waals surface area contributed by atoms with Crippen molar-refractivity contribution in [3.8, 4) is 0 Å². The van der Waals surface area contributed by atoms with Crippen molar-refractivity contribution in [3.63, 3.8) is 0 Å². The first-order valence-corrected chi connectivity index (χ1v) is 2.83. The van der Waals surface area contributed by atoms with Crippen LogP contribution < -0.4 is 0 Å². The molecule has 1 aromatic rings. The quantitative estimate of drug-likeness (QED) is 0.610. The van der Waals surface area contributed by atoms with Crippen molar-refractivity contribution in [1.29, 1.82) is 0 Å². The van der Waals surface area contributed by atoms with Gasteiger partial charge in [0.2, 0.25) is 0 Å². The number of aromatic nitrogens is 3. The molecule has 3 nitrogen and oxygen atoms in total. The van der Waals surface area contributed by atoms with Gasteiger partial charge in [-0.1, -0.05) is 20.5 Å². The van der Waals surface area contributed by atoms with Gasteiger partial charge in [0.25, 0.3) is 0 Å². The summed E-state index contributed by atoms with van der Waals surface area (Å²) in [5, 5.41) is 7.09. The Hall–Kier alpha value is 0.0744. The molecule has 1 rings (SSSR count). The molecular weight excluding hydrogens is 221 g/mol. The summed E-state index contributed by atoms with van der Waals surface area (Å²) in [5.41, 5.74) is 0. The van der Waals surface area contributed by atoms with E-state index in [1.807, 2.05) is 0 Å². The zero-order valence-electron chi connectivity index (χ0n) is 4.67. The van der Waals surface area contributed by atoms with Crippen LogP contribution in [0.25, 0.3) is 0 Å². The fraction of sp³-hybridized carbons (Fsp3) is 0.250. The molecule has 9 heavy (non-hydrogen) atoms. The van der Waals surface area contributed by atoms with E-state index in [2.05, 4.69) is 37.3 Å². The molecule has 1 radical (unpaired) electrons. The Morgan fingerprint density at radius 2 is 2.22 bits per heavy atom. The molecule has 0 aliphatic rings. The number of aryl methyl sites for hydroxylation is 1. The van der Waals surface area contributed by atoms with Crippen LogP contribution in [0.3, 0.4) is 0 Å². The van der Waals surface area contributed by atoms with Crippen molar-refractivity contribution >= 4 is 15.9 Å². The minimum Gasteiger partial charge on any atom is -0.367 e. The van der Waals surface area contributed by atoms with Crippen LogP contribution in [0, 0.1) is 13.1 Å². The third kappa shape index (κ3) is 2.94. The van der Waals surface area contributed by atoms with Gasteiger partial charge in [-0.15, -0.1) is 0 Å². The van der Waals surface area contributed by atoms with Gasteiger partial charge in [-0.2, -0.15) is 5.10 Å². The first kappa shape index (κ1) is 9.07. The molecule has 0 fully saturated rings. The molecule has 0 spiro atoms. The summed E-state index contributed by atoms with van der Waals surface area (Å²) < 4.78 is 0.602. The second kappa shape index (κ2) is 3.98. The zero-order valence-corrected chi connectivity index (χ0v) is 7.65. The number of halogens is 1. The second-order valence-electron chi connectivity index (χ2n) is 1.26. The molecule has 0 saturated heterocycles. The maximum absolute atomic E-state index is 3.86. The van der Waals surface area contributed by atoms with E-state index in [0.29, 0.717) is 10.4 Å². The van der Waals surface area contributed by atoms with E-state index in [1.54, 1.807) is 6.92 Å². The van der Waals surface area contributed by atoms with E-state index >= 15 is 0 Å². The molecule has 47 valence electrons. The van der Waals surface area contributed by atoms with Gasteiger partial charge in [-0.05, 0) is 6.92 Å². The van der Waals surface area contributed by atoms with E-state index in [1.165, 1.54) is 0 Å². The molecule has 1 heterocycles. The second-order valence-corrected chi connectivity index (χ2v) is 2.01. The predicted octanol–water partition coefficient (Wildman–Crippen LogP) is 0.740. The van der Waals surface area contributed by atoms with Gasteiger partial charge < -0.3 is 11.3 Å². The Kier molecular flexibility index (Phi) is 4.01. The topological polar surface area (TPSA) is 38.7 Å². The first-order valence-electron chi connectivity index (χ1n) is 2.03. The average molecular weight is 224 g/mol. The van der Waals surface area contributed by atoms with E-state index < -0.39 is 0 Å². The molecule has 5 heteroatoms. The summed E-state index contributed by atoms with van der Waals surface area (Å²) >= 11 is 3.09. The fourth-order valence-corrected chi connectivity index (χ4v) is 0.664. The van der Waals surface area contributed by atoms with Gasteiger partial charge in [0, 0.05) is 18.6 Å². The van der Waals surface area contributed by atoms with Crippen LogP contribution in [0.15, 0.2) is 4.60 Å². The van der Waals surface area contributed by atoms with Crippen molar-refractivity contribution in [2.75, 3.05) is 0 Å². The van der Waals surface area contributed by atoms with Crippen molar-refractivity contribution in [1.82, 2.24) is 15.2 Å². The summed E-state index contributed by atoms with van der Waals surface area (Å²) in [6, 6.07) is 0. The fourth-order valence-electron chi connectivity index (χ4n) is 0.328. The largest absolute Gasteiger partial charge is 0.367 e. The van der Waals surface area contributed by atoms with E-state index in [9.17, 15) is 0 Å². The van der Waals surface area contributed by atoms with Gasteiger partial charge in [-0.25, -0.2) is 0 Å². The van der Waals surface area contributed by atoms with Gasteiger partial charge in [0.05, 0.1) is 0 Å². The molecule has 1 aromatic heterocycles. The molecule has 0 saturated carbocycles. The van der Waals surface area contributed by atoms with Crippen LogP contribution in [0.1, 0.15) is 5.82 Å². The number of hydrogen-bond donors (Lipinski definition) is 0. The smallest absolute Gasteiger partial charge is 0.142 e. The minimum absolute atomic E-state index is 0. The van der Waals surface area contributed by atoms with Crippen LogP contribution >= 0.6 is 15.9 Å². The summed E-state index contributed by atoms with van der Waals surface area (Å²) in [6.45, 7) is 1.77. The Bertz CT molecular complexity index is 176. The van der Waals surface area contributed by atoms with Crippen molar-refractivity contribution in [2.45, 2.75) is 6.92 Å². The maximum atomic E-state index is 3.86. The van der Waals surface area contributed by atoms with E-state index in [4.69, 9.17) is 0 Å². The van der Waals surface area contributed by atoms with Gasteiger partial charge >= 0.3 is 0 Å². The SMILES string of the molecule is Cc1nn[c-]c(Br)n1.[V]. The third-order valence-corrected chi connectivity index (χ3v) is 0.952. The van der Waals surface area contributed by atoms with Crippen molar-refractivity contribution in [3.05, 3.63) is 16.6 Å². The summed E-state index contributed by atoms with van der Waals surface area (Å²) in [6.07, 6.45) is 2.52. The molecule has 0 aliphatic carbocycles. The number of hydrogen-bond acceptors (Lipinski definition) is 3. The van der Waals surface area contributed by atoms with Gasteiger partial charge in [-0.3, -0.25) is 4.98 Å². The molecule has 0 amide bonds. The van der Waals surface area contributed by atoms with E-state index in [0.717, 1.165) is 0 Å². The Balaban J connectivity index is 0.000000640. The molecule has 0 aliphatic heterocycles. The monoisotopic (exact) mass is 223 g/mol. The molecule has 0 aromatic carbocycles. The van der Waals surface area contributed by atoms with Crippen molar-refractivity contribution in [2.24, 2.45) is 0 Å². The maximum Gasteiger partial charge on any atom is 0.142 e. The van der Waals surface area contributed by atoms with E-state index in [-0.39, 0.29) is 18.6 Å². The normalized spacial score (nSPS) is 8.22. The Morgan fingerprint density at radius 3 is 2.56 bits per heavy atom. The van der Waals surface area contributed by atoms with Crippen LogP contribution in [-0.4, -0.2) is 15.2 Å². The summed E-state index contributed by atoms with van der Waals surface area (Å²) in [7, 11) is 0. The summed E-state index contributed by atoms with van der Waals surface area (Å²) in [4.78, 5) is 3.86. The van der Waals surface area contributed by atoms with Gasteiger partial charge in [0.1, 0.15) is 5.82 Å². The Morgan fingerprint density at radius 1 is 1.56 bits per heavy atom. The predicted molar refractivity (Wildman–Crippen MR) is 31.1 cm³/mol. The van der Waals surface area contributed by atoms with Gasteiger partial charge in [0.15, 0.2) is 0 Å². The van der Waals surface area contributed by atoms with Crippen LogP contribution in [-0.2, 0) is 18.6 Å². The van der Waals surface area contributed by atoms with Crippen LogP contribution in [0.5, 0.6) is 0 Å². The number of rotatable bonds is 0. The number of nitrogens with zero attached hydrogens (tertiary/aromatic N) is 3. The molecule has 0 atom stereocenters. The molecule has 0 unspecified atom stereocenters. The standard InChI is InChI=1S/C4H3BrN3.V/c1-3-7-4(5)2-6-8-3;/h1H3;/q-1;. The zero-order chi connectivity index (χ0) is 5.98. The Labute approximate surface area is 73.3 Å². The molecular formula is C4H3BrN3V-.